The Morgan fingerprint density at radius 1 is 0.939 bits per heavy atom. The molecule has 0 unspecified atom stereocenters. The summed E-state index contributed by atoms with van der Waals surface area (Å²) in [5.74, 6) is 0.0464. The Balaban J connectivity index is 1.25. The van der Waals surface area contributed by atoms with E-state index in [1.54, 1.807) is 25.2 Å². The molecule has 1 fully saturated rings. The van der Waals surface area contributed by atoms with Crippen LogP contribution in [0.2, 0.25) is 0 Å². The molecule has 1 aliphatic heterocycles. The van der Waals surface area contributed by atoms with Crippen molar-refractivity contribution < 1.29 is 4.79 Å². The fourth-order valence-corrected chi connectivity index (χ4v) is 4.54. The molecule has 3 heterocycles. The van der Waals surface area contributed by atoms with E-state index in [2.05, 4.69) is 15.4 Å². The number of amides is 1. The summed E-state index contributed by atoms with van der Waals surface area (Å²) < 4.78 is 2.79. The van der Waals surface area contributed by atoms with Gasteiger partial charge in [0.15, 0.2) is 0 Å². The minimum atomic E-state index is -0.144. The number of aryl methyl sites for hydroxylation is 2. The van der Waals surface area contributed by atoms with Gasteiger partial charge in [-0.2, -0.15) is 5.10 Å². The molecule has 0 bridgehead atoms. The van der Waals surface area contributed by atoms with Gasteiger partial charge in [0.2, 0.25) is 5.91 Å². The van der Waals surface area contributed by atoms with E-state index in [-0.39, 0.29) is 23.1 Å². The van der Waals surface area contributed by atoms with Crippen LogP contribution in [0.15, 0.2) is 58.1 Å². The number of likely N-dealkylation sites (tertiary alicyclic amines) is 1. The maximum Gasteiger partial charge on any atom is 0.277 e. The first-order valence-electron chi connectivity index (χ1n) is 11.1. The summed E-state index contributed by atoms with van der Waals surface area (Å²) in [4.78, 5) is 39.8. The highest BCUT2D eigenvalue weighted by Crippen LogP contribution is 2.22. The first-order valence-corrected chi connectivity index (χ1v) is 11.1. The molecule has 0 radical (unpaired) electrons. The quantitative estimate of drug-likeness (QED) is 0.476. The summed E-state index contributed by atoms with van der Waals surface area (Å²) >= 11 is 0. The van der Waals surface area contributed by atoms with Crippen LogP contribution in [0.1, 0.15) is 31.0 Å². The third-order valence-corrected chi connectivity index (χ3v) is 6.36. The Bertz CT molecular complexity index is 1470. The molecule has 0 N–H and O–H groups in total. The Kier molecular flexibility index (Phi) is 5.45. The van der Waals surface area contributed by atoms with Crippen molar-refractivity contribution in [2.45, 2.75) is 31.7 Å². The van der Waals surface area contributed by atoms with E-state index in [0.29, 0.717) is 55.1 Å². The lowest BCUT2D eigenvalue weighted by Gasteiger charge is -2.32. The molecule has 1 amide bonds. The molecule has 2 aromatic heterocycles. The van der Waals surface area contributed by atoms with Gasteiger partial charge in [0.05, 0.1) is 22.5 Å². The fourth-order valence-electron chi connectivity index (χ4n) is 4.54. The largest absolute Gasteiger partial charge is 0.343 e. The van der Waals surface area contributed by atoms with Crippen molar-refractivity contribution in [3.63, 3.8) is 0 Å². The first-order chi connectivity index (χ1) is 16.0. The molecular weight excluding hydrogens is 420 g/mol. The van der Waals surface area contributed by atoms with E-state index in [1.807, 2.05) is 35.2 Å². The van der Waals surface area contributed by atoms with Crippen LogP contribution in [-0.2, 0) is 18.3 Å². The van der Waals surface area contributed by atoms with Crippen molar-refractivity contribution in [3.05, 3.63) is 74.9 Å². The van der Waals surface area contributed by atoms with Gasteiger partial charge in [-0.05, 0) is 31.0 Å². The zero-order valence-corrected chi connectivity index (χ0v) is 18.3. The molecule has 0 atom stereocenters. The van der Waals surface area contributed by atoms with Crippen LogP contribution in [0.5, 0.6) is 0 Å². The van der Waals surface area contributed by atoms with Crippen molar-refractivity contribution in [1.29, 1.82) is 0 Å². The second kappa shape index (κ2) is 8.57. The standard InChI is InChI=1S/C24H24N6O3/c1-28-23(32)18-7-3-2-6-17(18)21(26-28)10-11-22(31)29-14-12-16(13-15-29)30-24(33)19-8-4-5-9-20(19)25-27-30/h2-9,16H,10-15H2,1H3. The molecule has 2 aromatic carbocycles. The molecule has 9 heteroatoms. The van der Waals surface area contributed by atoms with E-state index in [1.165, 1.54) is 9.36 Å². The first kappa shape index (κ1) is 21.0. The van der Waals surface area contributed by atoms with Crippen molar-refractivity contribution in [1.82, 2.24) is 29.7 Å². The van der Waals surface area contributed by atoms with Crippen LogP contribution in [0, 0.1) is 0 Å². The van der Waals surface area contributed by atoms with Gasteiger partial charge >= 0.3 is 0 Å². The maximum absolute atomic E-state index is 12.9. The zero-order valence-electron chi connectivity index (χ0n) is 18.3. The highest BCUT2D eigenvalue weighted by molar-refractivity contribution is 5.84. The highest BCUT2D eigenvalue weighted by atomic mass is 16.2. The number of hydrogen-bond donors (Lipinski definition) is 0. The number of aromatic nitrogens is 5. The summed E-state index contributed by atoms with van der Waals surface area (Å²) in [6.45, 7) is 1.12. The predicted molar refractivity (Wildman–Crippen MR) is 124 cm³/mol. The second-order valence-electron chi connectivity index (χ2n) is 8.39. The van der Waals surface area contributed by atoms with Crippen molar-refractivity contribution in [2.24, 2.45) is 7.05 Å². The molecule has 0 saturated carbocycles. The van der Waals surface area contributed by atoms with Gasteiger partial charge in [-0.1, -0.05) is 35.5 Å². The number of nitrogens with zero attached hydrogens (tertiary/aromatic N) is 6. The fraction of sp³-hybridized carbons (Fsp3) is 0.333. The summed E-state index contributed by atoms with van der Waals surface area (Å²) in [5.41, 5.74) is 1.05. The minimum absolute atomic E-state index is 0.0464. The molecule has 168 valence electrons. The van der Waals surface area contributed by atoms with Crippen LogP contribution >= 0.6 is 0 Å². The average molecular weight is 444 g/mol. The maximum atomic E-state index is 12.9. The van der Waals surface area contributed by atoms with Gasteiger partial charge in [-0.3, -0.25) is 14.4 Å². The van der Waals surface area contributed by atoms with Crippen LogP contribution in [0.3, 0.4) is 0 Å². The lowest BCUT2D eigenvalue weighted by atomic mass is 10.0. The number of carbonyl (C=O) groups excluding carboxylic acids is 1. The van der Waals surface area contributed by atoms with Gasteiger partial charge in [-0.15, -0.1) is 5.10 Å². The van der Waals surface area contributed by atoms with Crippen molar-refractivity contribution in [3.8, 4) is 0 Å². The monoisotopic (exact) mass is 444 g/mol. The molecular formula is C24H24N6O3. The molecule has 5 rings (SSSR count). The van der Waals surface area contributed by atoms with Gasteiger partial charge in [0.1, 0.15) is 5.52 Å². The third-order valence-electron chi connectivity index (χ3n) is 6.36. The molecule has 0 spiro atoms. The summed E-state index contributed by atoms with van der Waals surface area (Å²) in [5, 5.41) is 14.7. The van der Waals surface area contributed by atoms with Gasteiger partial charge < -0.3 is 4.90 Å². The number of fused-ring (bicyclic) bond motifs is 2. The van der Waals surface area contributed by atoms with E-state index < -0.39 is 0 Å². The van der Waals surface area contributed by atoms with E-state index in [9.17, 15) is 14.4 Å². The Morgan fingerprint density at radius 2 is 1.61 bits per heavy atom. The molecule has 33 heavy (non-hydrogen) atoms. The molecule has 1 saturated heterocycles. The second-order valence-corrected chi connectivity index (χ2v) is 8.39. The average Bonchev–Trinajstić information content (AvgIpc) is 2.86. The smallest absolute Gasteiger partial charge is 0.277 e. The lowest BCUT2D eigenvalue weighted by Crippen LogP contribution is -2.41. The lowest BCUT2D eigenvalue weighted by molar-refractivity contribution is -0.132. The molecule has 0 aliphatic carbocycles. The van der Waals surface area contributed by atoms with E-state index in [4.69, 9.17) is 0 Å². The molecule has 1 aliphatic rings. The van der Waals surface area contributed by atoms with Gasteiger partial charge in [-0.25, -0.2) is 9.36 Å². The number of benzene rings is 2. The van der Waals surface area contributed by atoms with Crippen molar-refractivity contribution >= 4 is 27.6 Å². The SMILES string of the molecule is Cn1nc(CCC(=O)N2CCC(n3nnc4ccccc4c3=O)CC2)c2ccccc2c1=O. The Morgan fingerprint density at radius 3 is 2.36 bits per heavy atom. The topological polar surface area (TPSA) is 103 Å². The summed E-state index contributed by atoms with van der Waals surface area (Å²) in [7, 11) is 1.63. The molecule has 9 nitrogen and oxygen atoms in total. The Hall–Kier alpha value is -3.88. The van der Waals surface area contributed by atoms with Gasteiger partial charge in [0.25, 0.3) is 11.1 Å². The highest BCUT2D eigenvalue weighted by Gasteiger charge is 2.26. The minimum Gasteiger partial charge on any atom is -0.343 e. The third kappa shape index (κ3) is 3.90. The number of piperidine rings is 1. The number of rotatable bonds is 4. The van der Waals surface area contributed by atoms with Crippen LogP contribution in [0.4, 0.5) is 0 Å². The summed E-state index contributed by atoms with van der Waals surface area (Å²) in [6.07, 6.45) is 2.08. The van der Waals surface area contributed by atoms with E-state index in [0.717, 1.165) is 11.1 Å². The van der Waals surface area contributed by atoms with Gasteiger partial charge in [0, 0.05) is 38.4 Å². The number of hydrogen-bond acceptors (Lipinski definition) is 6. The summed E-state index contributed by atoms with van der Waals surface area (Å²) in [6, 6.07) is 14.5. The Labute approximate surface area is 189 Å². The molecule has 4 aromatic rings. The number of carbonyl (C=O) groups is 1. The van der Waals surface area contributed by atoms with Crippen molar-refractivity contribution in [2.75, 3.05) is 13.1 Å². The normalized spacial score (nSPS) is 14.8. The zero-order chi connectivity index (χ0) is 22.9. The van der Waals surface area contributed by atoms with Crippen LogP contribution < -0.4 is 11.1 Å². The van der Waals surface area contributed by atoms with Crippen LogP contribution in [0.25, 0.3) is 21.7 Å². The van der Waals surface area contributed by atoms with Crippen LogP contribution in [-0.4, -0.2) is 48.7 Å². The predicted octanol–water partition coefficient (Wildman–Crippen LogP) is 1.83. The van der Waals surface area contributed by atoms with E-state index >= 15 is 0 Å².